The van der Waals surface area contributed by atoms with Crippen molar-refractivity contribution in [1.29, 1.82) is 0 Å². The van der Waals surface area contributed by atoms with E-state index in [4.69, 9.17) is 9.47 Å². The molecule has 0 heterocycles. The lowest BCUT2D eigenvalue weighted by Crippen LogP contribution is -2.05. The first kappa shape index (κ1) is 14.4. The van der Waals surface area contributed by atoms with Crippen LogP contribution in [-0.4, -0.2) is 19.3 Å². The number of aryl methyl sites for hydroxylation is 2. The first-order valence-electron chi connectivity index (χ1n) is 6.54. The predicted molar refractivity (Wildman–Crippen MR) is 79.5 cm³/mol. The van der Waals surface area contributed by atoms with Crippen molar-refractivity contribution in [3.05, 3.63) is 58.7 Å². The Morgan fingerprint density at radius 1 is 0.900 bits per heavy atom. The Labute approximate surface area is 119 Å². The van der Waals surface area contributed by atoms with Gasteiger partial charge in [-0.2, -0.15) is 0 Å². The van der Waals surface area contributed by atoms with Crippen molar-refractivity contribution < 1.29 is 14.6 Å². The minimum Gasteiger partial charge on any atom is -0.497 e. The van der Waals surface area contributed by atoms with Gasteiger partial charge in [-0.05, 0) is 43.2 Å². The molecule has 1 unspecified atom stereocenters. The minimum atomic E-state index is -0.736. The van der Waals surface area contributed by atoms with Crippen LogP contribution in [0.1, 0.15) is 28.4 Å². The maximum absolute atomic E-state index is 10.7. The number of benzene rings is 2. The summed E-state index contributed by atoms with van der Waals surface area (Å²) >= 11 is 0. The standard InChI is InChI=1S/C17H20O3/c1-11-5-6-12(2)14(9-11)17(18)15-10-13(19-3)7-8-16(15)20-4/h5-10,17-18H,1-4H3. The fourth-order valence-corrected chi connectivity index (χ4v) is 2.28. The molecule has 0 aliphatic heterocycles. The van der Waals surface area contributed by atoms with Gasteiger partial charge in [0.2, 0.25) is 0 Å². The number of aliphatic hydroxyl groups is 1. The van der Waals surface area contributed by atoms with Crippen LogP contribution in [0.2, 0.25) is 0 Å². The largest absolute Gasteiger partial charge is 0.497 e. The van der Waals surface area contributed by atoms with E-state index in [1.165, 1.54) is 0 Å². The summed E-state index contributed by atoms with van der Waals surface area (Å²) < 4.78 is 10.6. The van der Waals surface area contributed by atoms with Crippen molar-refractivity contribution in [3.63, 3.8) is 0 Å². The zero-order valence-electron chi connectivity index (χ0n) is 12.3. The molecule has 2 aromatic carbocycles. The molecular formula is C17H20O3. The van der Waals surface area contributed by atoms with Gasteiger partial charge in [-0.3, -0.25) is 0 Å². The van der Waals surface area contributed by atoms with Crippen molar-refractivity contribution in [2.45, 2.75) is 20.0 Å². The van der Waals surface area contributed by atoms with Crippen LogP contribution in [0.15, 0.2) is 36.4 Å². The monoisotopic (exact) mass is 272 g/mol. The summed E-state index contributed by atoms with van der Waals surface area (Å²) in [5.74, 6) is 1.35. The van der Waals surface area contributed by atoms with Crippen LogP contribution in [0.4, 0.5) is 0 Å². The first-order chi connectivity index (χ1) is 9.56. The lowest BCUT2D eigenvalue weighted by Gasteiger charge is -2.18. The summed E-state index contributed by atoms with van der Waals surface area (Å²) in [5, 5.41) is 10.7. The summed E-state index contributed by atoms with van der Waals surface area (Å²) in [6.07, 6.45) is -0.736. The van der Waals surface area contributed by atoms with Gasteiger partial charge in [0.15, 0.2) is 0 Å². The molecule has 0 saturated carbocycles. The highest BCUT2D eigenvalue weighted by atomic mass is 16.5. The Morgan fingerprint density at radius 2 is 1.65 bits per heavy atom. The van der Waals surface area contributed by atoms with Crippen molar-refractivity contribution >= 4 is 0 Å². The number of ether oxygens (including phenoxy) is 2. The average Bonchev–Trinajstić information content (AvgIpc) is 2.48. The summed E-state index contributed by atoms with van der Waals surface area (Å²) in [5.41, 5.74) is 3.76. The molecule has 3 nitrogen and oxygen atoms in total. The normalized spacial score (nSPS) is 12.1. The number of rotatable bonds is 4. The van der Waals surface area contributed by atoms with Gasteiger partial charge in [0.05, 0.1) is 14.2 Å². The second-order valence-electron chi connectivity index (χ2n) is 4.87. The number of aliphatic hydroxyl groups excluding tert-OH is 1. The van der Waals surface area contributed by atoms with E-state index in [-0.39, 0.29) is 0 Å². The van der Waals surface area contributed by atoms with Crippen molar-refractivity contribution in [2.24, 2.45) is 0 Å². The topological polar surface area (TPSA) is 38.7 Å². The summed E-state index contributed by atoms with van der Waals surface area (Å²) in [7, 11) is 3.21. The maximum atomic E-state index is 10.7. The minimum absolute atomic E-state index is 0.652. The Balaban J connectivity index is 2.51. The van der Waals surface area contributed by atoms with Gasteiger partial charge < -0.3 is 14.6 Å². The van der Waals surface area contributed by atoms with Crippen LogP contribution in [-0.2, 0) is 0 Å². The molecule has 0 radical (unpaired) electrons. The summed E-state index contributed by atoms with van der Waals surface area (Å²) in [6, 6.07) is 11.5. The molecule has 0 aliphatic carbocycles. The third-order valence-corrected chi connectivity index (χ3v) is 3.46. The van der Waals surface area contributed by atoms with Crippen molar-refractivity contribution in [1.82, 2.24) is 0 Å². The Hall–Kier alpha value is -2.00. The van der Waals surface area contributed by atoms with E-state index in [0.29, 0.717) is 17.1 Å². The lowest BCUT2D eigenvalue weighted by atomic mass is 9.95. The smallest absolute Gasteiger partial charge is 0.125 e. The van der Waals surface area contributed by atoms with Gasteiger partial charge in [0.1, 0.15) is 17.6 Å². The molecule has 0 fully saturated rings. The molecule has 1 atom stereocenters. The van der Waals surface area contributed by atoms with Crippen LogP contribution < -0.4 is 9.47 Å². The van der Waals surface area contributed by atoms with Gasteiger partial charge in [0, 0.05) is 5.56 Å². The third-order valence-electron chi connectivity index (χ3n) is 3.46. The molecular weight excluding hydrogens is 252 g/mol. The molecule has 2 aromatic rings. The Morgan fingerprint density at radius 3 is 2.30 bits per heavy atom. The average molecular weight is 272 g/mol. The second kappa shape index (κ2) is 5.97. The predicted octanol–water partition coefficient (Wildman–Crippen LogP) is 3.40. The van der Waals surface area contributed by atoms with Crippen LogP contribution in [0, 0.1) is 13.8 Å². The van der Waals surface area contributed by atoms with E-state index >= 15 is 0 Å². The highest BCUT2D eigenvalue weighted by molar-refractivity contribution is 5.47. The molecule has 0 amide bonds. The van der Waals surface area contributed by atoms with Crippen LogP contribution in [0.3, 0.4) is 0 Å². The molecule has 106 valence electrons. The van der Waals surface area contributed by atoms with E-state index in [1.807, 2.05) is 50.2 Å². The van der Waals surface area contributed by atoms with Gasteiger partial charge in [-0.1, -0.05) is 23.8 Å². The van der Waals surface area contributed by atoms with Crippen LogP contribution >= 0.6 is 0 Å². The number of methoxy groups -OCH3 is 2. The summed E-state index contributed by atoms with van der Waals surface area (Å²) in [6.45, 7) is 4.00. The molecule has 0 bridgehead atoms. The number of hydrogen-bond acceptors (Lipinski definition) is 3. The van der Waals surface area contributed by atoms with E-state index in [0.717, 1.165) is 16.7 Å². The highest BCUT2D eigenvalue weighted by Crippen LogP contribution is 2.34. The van der Waals surface area contributed by atoms with Crippen LogP contribution in [0.5, 0.6) is 11.5 Å². The molecule has 2 rings (SSSR count). The Kier molecular flexibility index (Phi) is 4.30. The molecule has 0 saturated heterocycles. The van der Waals surface area contributed by atoms with Crippen LogP contribution in [0.25, 0.3) is 0 Å². The number of hydrogen-bond donors (Lipinski definition) is 1. The van der Waals surface area contributed by atoms with E-state index < -0.39 is 6.10 Å². The fraction of sp³-hybridized carbons (Fsp3) is 0.294. The molecule has 0 aromatic heterocycles. The second-order valence-corrected chi connectivity index (χ2v) is 4.87. The Bertz CT molecular complexity index is 605. The van der Waals surface area contributed by atoms with Gasteiger partial charge in [0.25, 0.3) is 0 Å². The van der Waals surface area contributed by atoms with Gasteiger partial charge >= 0.3 is 0 Å². The third kappa shape index (κ3) is 2.78. The molecule has 0 spiro atoms. The van der Waals surface area contributed by atoms with E-state index in [9.17, 15) is 5.11 Å². The van der Waals surface area contributed by atoms with Crippen molar-refractivity contribution in [2.75, 3.05) is 14.2 Å². The van der Waals surface area contributed by atoms with E-state index in [2.05, 4.69) is 0 Å². The van der Waals surface area contributed by atoms with E-state index in [1.54, 1.807) is 14.2 Å². The zero-order valence-corrected chi connectivity index (χ0v) is 12.3. The molecule has 20 heavy (non-hydrogen) atoms. The van der Waals surface area contributed by atoms with Gasteiger partial charge in [-0.25, -0.2) is 0 Å². The SMILES string of the molecule is COc1ccc(OC)c(C(O)c2cc(C)ccc2C)c1. The maximum Gasteiger partial charge on any atom is 0.125 e. The quantitative estimate of drug-likeness (QED) is 0.927. The molecule has 3 heteroatoms. The summed E-state index contributed by atoms with van der Waals surface area (Å²) in [4.78, 5) is 0. The van der Waals surface area contributed by atoms with Crippen molar-refractivity contribution in [3.8, 4) is 11.5 Å². The molecule has 0 aliphatic rings. The fourth-order valence-electron chi connectivity index (χ4n) is 2.28. The molecule has 1 N–H and O–H groups in total. The first-order valence-corrected chi connectivity index (χ1v) is 6.54. The lowest BCUT2D eigenvalue weighted by molar-refractivity contribution is 0.213. The zero-order chi connectivity index (χ0) is 14.7. The highest BCUT2D eigenvalue weighted by Gasteiger charge is 2.18. The van der Waals surface area contributed by atoms with Gasteiger partial charge in [-0.15, -0.1) is 0 Å².